The fourth-order valence-corrected chi connectivity index (χ4v) is 0.250. The number of hydrogen-bond acceptors (Lipinski definition) is 0. The predicted molar refractivity (Wildman–Crippen MR) is 27.6 cm³/mol. The summed E-state index contributed by atoms with van der Waals surface area (Å²) in [7, 11) is 0. The van der Waals surface area contributed by atoms with Crippen molar-refractivity contribution in [2.24, 2.45) is 0 Å². The van der Waals surface area contributed by atoms with E-state index >= 15 is 0 Å². The predicted octanol–water partition coefficient (Wildman–Crippen LogP) is 1.87. The molecule has 0 bridgehead atoms. The molecule has 0 aromatic heterocycles. The first-order chi connectivity index (χ1) is 2.91. The second-order valence-electron chi connectivity index (χ2n) is 1.21. The van der Waals surface area contributed by atoms with Crippen molar-refractivity contribution in [1.29, 1.82) is 0 Å². The molecule has 2 N–H and O–H groups in total. The molecular weight excluding hydrogens is 127 g/mol. The third-order valence-corrected chi connectivity index (χ3v) is 0.604. The van der Waals surface area contributed by atoms with Gasteiger partial charge in [0, 0.05) is 0 Å². The summed E-state index contributed by atoms with van der Waals surface area (Å²) in [6, 6.07) is 0. The quantitative estimate of drug-likeness (QED) is 0.533. The van der Waals surface area contributed by atoms with Gasteiger partial charge in [-0.1, -0.05) is 12.8 Å². The Morgan fingerprint density at radius 1 is 0.857 bits per heavy atom. The largest absolute Gasteiger partial charge is 2.00 e. The Morgan fingerprint density at radius 2 is 1.14 bits per heavy atom. The average Bonchev–Trinajstić information content (AvgIpc) is 1.61. The van der Waals surface area contributed by atoms with Gasteiger partial charge in [0.05, 0.1) is 0 Å². The van der Waals surface area contributed by atoms with E-state index in [1.807, 2.05) is 0 Å². The van der Waals surface area contributed by atoms with Gasteiger partial charge in [0.15, 0.2) is 0 Å². The third kappa shape index (κ3) is 10.7. The van der Waals surface area contributed by atoms with E-state index in [4.69, 9.17) is 11.5 Å². The molecule has 0 unspecified atom stereocenters. The standard InChI is InChI=1S/C4H10N2.V/c5-3-1-2-4-6;/h5-6H,1-4H2;/q-2;+2. The van der Waals surface area contributed by atoms with Crippen LogP contribution in [0.5, 0.6) is 0 Å². The van der Waals surface area contributed by atoms with Gasteiger partial charge in [-0.25, -0.2) is 0 Å². The topological polar surface area (TPSA) is 47.6 Å². The first kappa shape index (κ1) is 10.5. The van der Waals surface area contributed by atoms with Crippen LogP contribution in [0.2, 0.25) is 0 Å². The van der Waals surface area contributed by atoms with Crippen molar-refractivity contribution < 1.29 is 18.6 Å². The molecule has 2 nitrogen and oxygen atoms in total. The number of hydrogen-bond donors (Lipinski definition) is 0. The minimum atomic E-state index is 0. The van der Waals surface area contributed by atoms with Gasteiger partial charge in [0.25, 0.3) is 0 Å². The summed E-state index contributed by atoms with van der Waals surface area (Å²) >= 11 is 0. The van der Waals surface area contributed by atoms with Crippen molar-refractivity contribution in [3.05, 3.63) is 11.5 Å². The fraction of sp³-hybridized carbons (Fsp3) is 1.00. The maximum absolute atomic E-state index is 6.62. The molecule has 0 rings (SSSR count). The third-order valence-electron chi connectivity index (χ3n) is 0.604. The van der Waals surface area contributed by atoms with Gasteiger partial charge >= 0.3 is 18.6 Å². The minimum absolute atomic E-state index is 0. The van der Waals surface area contributed by atoms with Crippen LogP contribution in [0.25, 0.3) is 11.5 Å². The molecule has 1 radical (unpaired) electrons. The van der Waals surface area contributed by atoms with Crippen molar-refractivity contribution in [3.63, 3.8) is 0 Å². The smallest absolute Gasteiger partial charge is 0.677 e. The number of rotatable bonds is 3. The van der Waals surface area contributed by atoms with Crippen LogP contribution in [-0.4, -0.2) is 13.1 Å². The molecule has 0 saturated heterocycles. The van der Waals surface area contributed by atoms with E-state index in [-0.39, 0.29) is 18.6 Å². The molecule has 0 aromatic rings. The van der Waals surface area contributed by atoms with E-state index in [0.717, 1.165) is 12.8 Å². The summed E-state index contributed by atoms with van der Waals surface area (Å²) < 4.78 is 0. The van der Waals surface area contributed by atoms with Crippen LogP contribution in [0.1, 0.15) is 12.8 Å². The molecule has 0 spiro atoms. The first-order valence-corrected chi connectivity index (χ1v) is 2.21. The Bertz CT molecular complexity index is 21.7. The molecule has 3 heteroatoms. The van der Waals surface area contributed by atoms with E-state index in [0.29, 0.717) is 13.1 Å². The van der Waals surface area contributed by atoms with Crippen molar-refractivity contribution in [3.8, 4) is 0 Å². The normalized spacial score (nSPS) is 7.71. The molecular formula is C4H10N2V. The summed E-state index contributed by atoms with van der Waals surface area (Å²) in [6.07, 6.45) is 1.78. The van der Waals surface area contributed by atoms with Crippen LogP contribution >= 0.6 is 0 Å². The zero-order valence-electron chi connectivity index (χ0n) is 4.28. The van der Waals surface area contributed by atoms with Crippen molar-refractivity contribution in [2.75, 3.05) is 13.1 Å². The van der Waals surface area contributed by atoms with E-state index in [1.54, 1.807) is 0 Å². The van der Waals surface area contributed by atoms with E-state index in [9.17, 15) is 0 Å². The molecule has 0 saturated carbocycles. The summed E-state index contributed by atoms with van der Waals surface area (Å²) in [5.74, 6) is 0. The molecule has 7 heavy (non-hydrogen) atoms. The van der Waals surface area contributed by atoms with Crippen LogP contribution in [-0.2, 0) is 18.6 Å². The van der Waals surface area contributed by atoms with Gasteiger partial charge in [-0.15, -0.1) is 0 Å². The van der Waals surface area contributed by atoms with E-state index in [1.165, 1.54) is 0 Å². The van der Waals surface area contributed by atoms with Crippen LogP contribution in [0.4, 0.5) is 0 Å². The minimum Gasteiger partial charge on any atom is -0.677 e. The molecule has 0 heterocycles. The van der Waals surface area contributed by atoms with Crippen LogP contribution in [0.15, 0.2) is 0 Å². The van der Waals surface area contributed by atoms with Crippen LogP contribution in [0.3, 0.4) is 0 Å². The second kappa shape index (κ2) is 9.71. The van der Waals surface area contributed by atoms with Gasteiger partial charge in [0.2, 0.25) is 0 Å². The molecule has 0 aromatic carbocycles. The summed E-state index contributed by atoms with van der Waals surface area (Å²) in [5, 5.41) is 0. The fourth-order valence-electron chi connectivity index (χ4n) is 0.250. The van der Waals surface area contributed by atoms with Gasteiger partial charge < -0.3 is 11.5 Å². The Balaban J connectivity index is 0. The molecule has 0 aliphatic heterocycles. The van der Waals surface area contributed by atoms with Crippen molar-refractivity contribution in [1.82, 2.24) is 0 Å². The van der Waals surface area contributed by atoms with Crippen molar-refractivity contribution in [2.45, 2.75) is 12.8 Å². The van der Waals surface area contributed by atoms with Crippen LogP contribution < -0.4 is 0 Å². The van der Waals surface area contributed by atoms with Gasteiger partial charge in [-0.05, 0) is 0 Å². The monoisotopic (exact) mass is 137 g/mol. The SMILES string of the molecule is [NH-]CCCC[NH-].[V+2]. The Morgan fingerprint density at radius 3 is 1.29 bits per heavy atom. The number of nitrogens with one attached hydrogen (secondary N) is 2. The average molecular weight is 137 g/mol. The van der Waals surface area contributed by atoms with Gasteiger partial charge in [-0.3, -0.25) is 0 Å². The van der Waals surface area contributed by atoms with Gasteiger partial charge in [-0.2, -0.15) is 13.1 Å². The molecule has 0 amide bonds. The van der Waals surface area contributed by atoms with E-state index in [2.05, 4.69) is 0 Å². The Hall–Kier alpha value is 0.504. The zero-order valence-corrected chi connectivity index (χ0v) is 5.67. The Labute approximate surface area is 56.5 Å². The van der Waals surface area contributed by atoms with Gasteiger partial charge in [0.1, 0.15) is 0 Å². The van der Waals surface area contributed by atoms with Crippen LogP contribution in [0, 0.1) is 0 Å². The molecule has 0 atom stereocenters. The summed E-state index contributed by atoms with van der Waals surface area (Å²) in [4.78, 5) is 0. The zero-order chi connectivity index (χ0) is 4.83. The molecule has 0 aliphatic rings. The second-order valence-corrected chi connectivity index (χ2v) is 1.21. The molecule has 41 valence electrons. The molecule has 0 fully saturated rings. The first-order valence-electron chi connectivity index (χ1n) is 2.21. The summed E-state index contributed by atoms with van der Waals surface area (Å²) in [6.45, 7) is 0.970. The summed E-state index contributed by atoms with van der Waals surface area (Å²) in [5.41, 5.74) is 13.2. The van der Waals surface area contributed by atoms with Crippen molar-refractivity contribution >= 4 is 0 Å². The maximum atomic E-state index is 6.62. The Kier molecular flexibility index (Phi) is 14.5. The van der Waals surface area contributed by atoms with E-state index < -0.39 is 0 Å². The molecule has 0 aliphatic carbocycles. The maximum Gasteiger partial charge on any atom is 2.00 e. The number of unbranched alkanes of at least 4 members (excludes halogenated alkanes) is 1.